The first kappa shape index (κ1) is 17.4. The van der Waals surface area contributed by atoms with Gasteiger partial charge in [-0.05, 0) is 18.8 Å². The van der Waals surface area contributed by atoms with Gasteiger partial charge in [0.1, 0.15) is 0 Å². The minimum Gasteiger partial charge on any atom is -0.393 e. The lowest BCUT2D eigenvalue weighted by atomic mass is 9.96. The summed E-state index contributed by atoms with van der Waals surface area (Å²) in [6.45, 7) is 1.81. The fourth-order valence-electron chi connectivity index (χ4n) is 2.75. The van der Waals surface area contributed by atoms with Crippen molar-refractivity contribution in [1.82, 2.24) is 4.90 Å². The van der Waals surface area contributed by atoms with Crippen LogP contribution in [0.1, 0.15) is 51.4 Å². The second kappa shape index (κ2) is 10.1. The second-order valence-corrected chi connectivity index (χ2v) is 6.18. The van der Waals surface area contributed by atoms with Crippen LogP contribution in [0.2, 0.25) is 0 Å². The van der Waals surface area contributed by atoms with E-state index in [0.29, 0.717) is 43.4 Å². The quantitative estimate of drug-likeness (QED) is 0.553. The number of methoxy groups -OCH3 is 1. The Hall–Kier alpha value is -0.680. The Kier molecular flexibility index (Phi) is 8.78. The molecule has 0 heterocycles. The molecular weight excluding hydrogens is 272 g/mol. The van der Waals surface area contributed by atoms with Crippen molar-refractivity contribution in [2.75, 3.05) is 26.8 Å². The molecule has 1 amide bonds. The number of hydrogen-bond acceptors (Lipinski definition) is 3. The van der Waals surface area contributed by atoms with Gasteiger partial charge < -0.3 is 15.4 Å². The highest BCUT2D eigenvalue weighted by molar-refractivity contribution is 7.80. The Bertz CT molecular complexity index is 302. The lowest BCUT2D eigenvalue weighted by molar-refractivity contribution is -0.132. The number of hydrogen-bond donors (Lipinski definition) is 1. The third-order valence-corrected chi connectivity index (χ3v) is 4.19. The van der Waals surface area contributed by atoms with Gasteiger partial charge in [0.05, 0.1) is 11.6 Å². The van der Waals surface area contributed by atoms with Crippen molar-refractivity contribution in [3.05, 3.63) is 0 Å². The van der Waals surface area contributed by atoms with E-state index in [1.165, 1.54) is 38.5 Å². The number of carbonyl (C=O) groups is 1. The molecule has 1 fully saturated rings. The van der Waals surface area contributed by atoms with Crippen LogP contribution in [0.4, 0.5) is 0 Å². The van der Waals surface area contributed by atoms with E-state index in [-0.39, 0.29) is 5.91 Å². The van der Waals surface area contributed by atoms with Gasteiger partial charge in [-0.3, -0.25) is 4.79 Å². The molecule has 2 N–H and O–H groups in total. The van der Waals surface area contributed by atoms with Gasteiger partial charge in [0.25, 0.3) is 0 Å². The van der Waals surface area contributed by atoms with Gasteiger partial charge in [-0.15, -0.1) is 0 Å². The summed E-state index contributed by atoms with van der Waals surface area (Å²) in [7, 11) is 1.65. The lowest BCUT2D eigenvalue weighted by Crippen LogP contribution is -2.37. The van der Waals surface area contributed by atoms with Gasteiger partial charge in [0, 0.05) is 33.0 Å². The normalized spacial score (nSPS) is 16.6. The van der Waals surface area contributed by atoms with Crippen molar-refractivity contribution in [1.29, 1.82) is 0 Å². The second-order valence-electron chi connectivity index (χ2n) is 5.65. The number of rotatable bonds is 8. The average molecular weight is 300 g/mol. The zero-order valence-corrected chi connectivity index (χ0v) is 13.4. The standard InChI is InChI=1S/C15H28N2O2S/c1-19-11-10-17(9-8-14(16)20)15(18)12-13-6-4-2-3-5-7-13/h13H,2-12H2,1H3,(H2,16,20). The SMILES string of the molecule is COCCN(CCC(N)=S)C(=O)CC1CCCCCC1. The minimum atomic E-state index is 0.227. The number of carbonyl (C=O) groups excluding carboxylic acids is 1. The smallest absolute Gasteiger partial charge is 0.222 e. The monoisotopic (exact) mass is 300 g/mol. The molecule has 1 aliphatic carbocycles. The van der Waals surface area contributed by atoms with Crippen LogP contribution in [0.3, 0.4) is 0 Å². The highest BCUT2D eigenvalue weighted by Crippen LogP contribution is 2.26. The molecule has 1 rings (SSSR count). The van der Waals surface area contributed by atoms with E-state index < -0.39 is 0 Å². The van der Waals surface area contributed by atoms with Gasteiger partial charge in [-0.1, -0.05) is 37.9 Å². The van der Waals surface area contributed by atoms with Crippen molar-refractivity contribution in [2.45, 2.75) is 51.4 Å². The molecule has 0 saturated heterocycles. The van der Waals surface area contributed by atoms with Crippen LogP contribution in [-0.4, -0.2) is 42.6 Å². The van der Waals surface area contributed by atoms with Crippen LogP contribution in [0.25, 0.3) is 0 Å². The van der Waals surface area contributed by atoms with Gasteiger partial charge in [-0.2, -0.15) is 0 Å². The largest absolute Gasteiger partial charge is 0.393 e. The first-order chi connectivity index (χ1) is 9.63. The predicted molar refractivity (Wildman–Crippen MR) is 85.7 cm³/mol. The maximum absolute atomic E-state index is 12.4. The molecule has 0 aromatic rings. The van der Waals surface area contributed by atoms with E-state index in [0.717, 1.165) is 0 Å². The van der Waals surface area contributed by atoms with Crippen LogP contribution in [-0.2, 0) is 9.53 Å². The van der Waals surface area contributed by atoms with Gasteiger partial charge in [-0.25, -0.2) is 0 Å². The maximum atomic E-state index is 12.4. The lowest BCUT2D eigenvalue weighted by Gasteiger charge is -2.24. The summed E-state index contributed by atoms with van der Waals surface area (Å²) in [6, 6.07) is 0. The third kappa shape index (κ3) is 7.20. The number of thiocarbonyl (C=S) groups is 1. The zero-order chi connectivity index (χ0) is 14.8. The van der Waals surface area contributed by atoms with Crippen LogP contribution in [0.15, 0.2) is 0 Å². The molecule has 20 heavy (non-hydrogen) atoms. The highest BCUT2D eigenvalue weighted by atomic mass is 32.1. The number of nitrogens with two attached hydrogens (primary N) is 1. The van der Waals surface area contributed by atoms with E-state index in [1.807, 2.05) is 4.90 Å². The van der Waals surface area contributed by atoms with Crippen LogP contribution >= 0.6 is 12.2 Å². The summed E-state index contributed by atoms with van der Waals surface area (Å²) in [5.74, 6) is 0.782. The van der Waals surface area contributed by atoms with E-state index in [1.54, 1.807) is 7.11 Å². The van der Waals surface area contributed by atoms with Crippen molar-refractivity contribution in [2.24, 2.45) is 11.7 Å². The van der Waals surface area contributed by atoms with Crippen molar-refractivity contribution in [3.63, 3.8) is 0 Å². The van der Waals surface area contributed by atoms with Crippen molar-refractivity contribution in [3.8, 4) is 0 Å². The molecule has 0 radical (unpaired) electrons. The summed E-state index contributed by atoms with van der Waals surface area (Å²) in [6.07, 6.45) is 8.82. The molecule has 1 aliphatic rings. The Labute approximate surface area is 128 Å². The molecule has 116 valence electrons. The fourth-order valence-corrected chi connectivity index (χ4v) is 2.84. The Morgan fingerprint density at radius 1 is 1.25 bits per heavy atom. The summed E-state index contributed by atoms with van der Waals surface area (Å²) in [4.78, 5) is 14.8. The summed E-state index contributed by atoms with van der Waals surface area (Å²) >= 11 is 4.90. The van der Waals surface area contributed by atoms with Gasteiger partial charge >= 0.3 is 0 Å². The molecule has 0 aromatic carbocycles. The Balaban J connectivity index is 2.45. The molecule has 0 spiro atoms. The fraction of sp³-hybridized carbons (Fsp3) is 0.867. The first-order valence-corrected chi connectivity index (χ1v) is 8.09. The molecule has 1 saturated carbocycles. The predicted octanol–water partition coefficient (Wildman–Crippen LogP) is 2.50. The Morgan fingerprint density at radius 3 is 2.45 bits per heavy atom. The summed E-state index contributed by atoms with van der Waals surface area (Å²) in [5, 5.41) is 0. The minimum absolute atomic E-state index is 0.227. The molecule has 0 atom stereocenters. The van der Waals surface area contributed by atoms with Crippen LogP contribution in [0.5, 0.6) is 0 Å². The molecule has 0 unspecified atom stereocenters. The number of ether oxygens (including phenoxy) is 1. The summed E-state index contributed by atoms with van der Waals surface area (Å²) in [5.41, 5.74) is 5.54. The first-order valence-electron chi connectivity index (χ1n) is 7.68. The van der Waals surface area contributed by atoms with Crippen LogP contribution in [0, 0.1) is 5.92 Å². The van der Waals surface area contributed by atoms with E-state index in [4.69, 9.17) is 22.7 Å². The topological polar surface area (TPSA) is 55.6 Å². The zero-order valence-electron chi connectivity index (χ0n) is 12.6. The molecule has 0 aromatic heterocycles. The van der Waals surface area contributed by atoms with E-state index in [2.05, 4.69) is 0 Å². The maximum Gasteiger partial charge on any atom is 0.222 e. The van der Waals surface area contributed by atoms with E-state index in [9.17, 15) is 4.79 Å². The van der Waals surface area contributed by atoms with Crippen LogP contribution < -0.4 is 5.73 Å². The molecular formula is C15H28N2O2S. The number of nitrogens with zero attached hydrogens (tertiary/aromatic N) is 1. The average Bonchev–Trinajstić information content (AvgIpc) is 2.67. The Morgan fingerprint density at radius 2 is 1.90 bits per heavy atom. The molecule has 0 aliphatic heterocycles. The third-order valence-electron chi connectivity index (χ3n) is 3.98. The van der Waals surface area contributed by atoms with Gasteiger partial charge in [0.15, 0.2) is 0 Å². The molecule has 5 heteroatoms. The molecule has 0 bridgehead atoms. The van der Waals surface area contributed by atoms with Gasteiger partial charge in [0.2, 0.25) is 5.91 Å². The molecule has 4 nitrogen and oxygen atoms in total. The highest BCUT2D eigenvalue weighted by Gasteiger charge is 2.20. The van der Waals surface area contributed by atoms with E-state index >= 15 is 0 Å². The summed E-state index contributed by atoms with van der Waals surface area (Å²) < 4.78 is 5.08. The number of amides is 1. The van der Waals surface area contributed by atoms with Crippen molar-refractivity contribution >= 4 is 23.1 Å². The van der Waals surface area contributed by atoms with Crippen molar-refractivity contribution < 1.29 is 9.53 Å².